The van der Waals surface area contributed by atoms with Crippen molar-refractivity contribution in [3.8, 4) is 0 Å². The number of hydrogen-bond acceptors (Lipinski definition) is 4. The third kappa shape index (κ3) is 3.96. The Morgan fingerprint density at radius 2 is 1.52 bits per heavy atom. The van der Waals surface area contributed by atoms with Gasteiger partial charge in [0.1, 0.15) is 5.69 Å². The molecule has 0 aliphatic rings. The van der Waals surface area contributed by atoms with Crippen LogP contribution >= 0.6 is 0 Å². The van der Waals surface area contributed by atoms with E-state index in [1.807, 2.05) is 6.92 Å². The zero-order valence-electron chi connectivity index (χ0n) is 13.2. The fourth-order valence-corrected chi connectivity index (χ4v) is 3.24. The van der Waals surface area contributed by atoms with E-state index in [9.17, 15) is 8.76 Å². The van der Waals surface area contributed by atoms with Crippen molar-refractivity contribution in [2.75, 3.05) is 24.6 Å². The molecule has 1 atom stereocenters. The predicted molar refractivity (Wildman–Crippen MR) is 90.3 cm³/mol. The fourth-order valence-electron chi connectivity index (χ4n) is 2.41. The van der Waals surface area contributed by atoms with E-state index in [4.69, 9.17) is 11.5 Å². The summed E-state index contributed by atoms with van der Waals surface area (Å²) in [5.41, 5.74) is 14.5. The molecule has 4 N–H and O–H groups in total. The largest absolute Gasteiger partial charge is 0.724 e. The maximum atomic E-state index is 12.0. The summed E-state index contributed by atoms with van der Waals surface area (Å²) >= 11 is -2.26. The van der Waals surface area contributed by atoms with Crippen molar-refractivity contribution >= 4 is 28.3 Å². The summed E-state index contributed by atoms with van der Waals surface area (Å²) in [5, 5.41) is 0. The molecule has 5 nitrogen and oxygen atoms in total. The van der Waals surface area contributed by atoms with E-state index in [1.165, 1.54) is 0 Å². The molecule has 120 valence electrons. The molecule has 1 aromatic carbocycles. The van der Waals surface area contributed by atoms with Crippen LogP contribution in [0.4, 0.5) is 17.1 Å². The van der Waals surface area contributed by atoms with Crippen molar-refractivity contribution in [2.45, 2.75) is 46.5 Å². The summed E-state index contributed by atoms with van der Waals surface area (Å²) < 4.78 is 24.0. The summed E-state index contributed by atoms with van der Waals surface area (Å²) in [5.74, 6) is 0. The standard InChI is InChI=1S/C15H27N3O2S/c1-4-6-8-18(21(19)20,9-7-5-2)13-10-14(16)12(3)15(17)11-13/h10-11H,4-9,16-17H2,1-3H3. The Hall–Kier alpha value is -1.11. The summed E-state index contributed by atoms with van der Waals surface area (Å²) in [6.45, 7) is 7.05. The fraction of sp³-hybridized carbons (Fsp3) is 0.600. The van der Waals surface area contributed by atoms with Gasteiger partial charge in [-0.05, 0) is 25.3 Å². The molecular formula is C15H27N3O2S. The summed E-state index contributed by atoms with van der Waals surface area (Å²) in [6.07, 6.45) is 3.57. The van der Waals surface area contributed by atoms with Gasteiger partial charge in [-0.1, -0.05) is 26.7 Å². The molecule has 0 radical (unpaired) electrons. The first kappa shape index (κ1) is 17.9. The third-order valence-corrected chi connectivity index (χ3v) is 5.12. The average Bonchev–Trinajstić information content (AvgIpc) is 2.44. The second-order valence-corrected chi connectivity index (χ2v) is 6.64. The Balaban J connectivity index is 3.35. The van der Waals surface area contributed by atoms with Crippen LogP contribution in [0.3, 0.4) is 0 Å². The van der Waals surface area contributed by atoms with Gasteiger partial charge in [0, 0.05) is 23.5 Å². The molecule has 0 aromatic heterocycles. The van der Waals surface area contributed by atoms with E-state index in [-0.39, 0.29) is 3.89 Å². The number of anilines is 2. The van der Waals surface area contributed by atoms with Gasteiger partial charge in [0.15, 0.2) is 11.3 Å². The topological polar surface area (TPSA) is 92.2 Å². The highest BCUT2D eigenvalue weighted by atomic mass is 32.2. The maximum Gasteiger partial charge on any atom is 0.153 e. The van der Waals surface area contributed by atoms with Crippen molar-refractivity contribution in [3.63, 3.8) is 0 Å². The zero-order valence-corrected chi connectivity index (χ0v) is 14.0. The van der Waals surface area contributed by atoms with E-state index < -0.39 is 11.3 Å². The van der Waals surface area contributed by atoms with Crippen LogP contribution in [0.25, 0.3) is 0 Å². The minimum atomic E-state index is -2.26. The average molecular weight is 313 g/mol. The number of nitrogen functional groups attached to an aromatic ring is 2. The van der Waals surface area contributed by atoms with E-state index in [0.29, 0.717) is 30.2 Å². The second kappa shape index (κ2) is 7.77. The molecule has 1 unspecified atom stereocenters. The molecule has 0 aliphatic carbocycles. The highest BCUT2D eigenvalue weighted by Gasteiger charge is 2.32. The first-order chi connectivity index (χ1) is 9.89. The summed E-state index contributed by atoms with van der Waals surface area (Å²) in [7, 11) is 0. The van der Waals surface area contributed by atoms with Crippen LogP contribution in [-0.2, 0) is 11.3 Å². The van der Waals surface area contributed by atoms with E-state index in [1.54, 1.807) is 12.1 Å². The number of quaternary nitrogens is 1. The molecule has 0 saturated heterocycles. The lowest BCUT2D eigenvalue weighted by atomic mass is 10.1. The zero-order chi connectivity index (χ0) is 16.0. The number of benzene rings is 1. The van der Waals surface area contributed by atoms with Crippen LogP contribution in [-0.4, -0.2) is 21.9 Å². The summed E-state index contributed by atoms with van der Waals surface area (Å²) in [4.78, 5) is 0. The maximum absolute atomic E-state index is 12.0. The lowest BCUT2D eigenvalue weighted by Crippen LogP contribution is -2.52. The number of nitrogens with zero attached hydrogens (tertiary/aromatic N) is 1. The monoisotopic (exact) mass is 313 g/mol. The second-order valence-electron chi connectivity index (χ2n) is 5.51. The molecule has 1 aromatic rings. The van der Waals surface area contributed by atoms with Gasteiger partial charge in [-0.15, -0.1) is 0 Å². The van der Waals surface area contributed by atoms with Gasteiger partial charge >= 0.3 is 0 Å². The van der Waals surface area contributed by atoms with Gasteiger partial charge in [-0.25, -0.2) is 8.10 Å². The van der Waals surface area contributed by atoms with Gasteiger partial charge < -0.3 is 16.0 Å². The Morgan fingerprint density at radius 1 is 1.10 bits per heavy atom. The Morgan fingerprint density at radius 3 is 1.86 bits per heavy atom. The predicted octanol–water partition coefficient (Wildman–Crippen LogP) is 2.86. The van der Waals surface area contributed by atoms with Crippen molar-refractivity contribution < 1.29 is 8.76 Å². The molecule has 0 saturated carbocycles. The van der Waals surface area contributed by atoms with Crippen molar-refractivity contribution in [2.24, 2.45) is 0 Å². The molecule has 0 fully saturated rings. The van der Waals surface area contributed by atoms with Crippen molar-refractivity contribution in [3.05, 3.63) is 17.7 Å². The van der Waals surface area contributed by atoms with Crippen molar-refractivity contribution in [1.82, 2.24) is 3.89 Å². The number of rotatable bonds is 8. The summed E-state index contributed by atoms with van der Waals surface area (Å²) in [6, 6.07) is 3.51. The lowest BCUT2D eigenvalue weighted by Gasteiger charge is -2.38. The normalized spacial score (nSPS) is 13.3. The molecule has 0 spiro atoms. The van der Waals surface area contributed by atoms with Crippen LogP contribution in [0.1, 0.15) is 45.1 Å². The van der Waals surface area contributed by atoms with Crippen LogP contribution < -0.4 is 15.4 Å². The third-order valence-electron chi connectivity index (χ3n) is 3.97. The minimum Gasteiger partial charge on any atom is -0.724 e. The first-order valence-corrected chi connectivity index (χ1v) is 8.55. The number of nitrogens with two attached hydrogens (primary N) is 2. The molecule has 1 rings (SSSR count). The number of unbranched alkanes of at least 4 members (excludes halogenated alkanes) is 2. The minimum absolute atomic E-state index is 0.0869. The molecule has 0 heterocycles. The highest BCUT2D eigenvalue weighted by molar-refractivity contribution is 7.78. The van der Waals surface area contributed by atoms with Gasteiger partial charge in [-0.2, -0.15) is 0 Å². The van der Waals surface area contributed by atoms with E-state index in [0.717, 1.165) is 31.2 Å². The van der Waals surface area contributed by atoms with E-state index >= 15 is 0 Å². The molecular weight excluding hydrogens is 286 g/mol. The van der Waals surface area contributed by atoms with Gasteiger partial charge in [0.05, 0.1) is 13.1 Å². The molecule has 6 heteroatoms. The lowest BCUT2D eigenvalue weighted by molar-refractivity contribution is 0.370. The van der Waals surface area contributed by atoms with Gasteiger partial charge in [-0.3, -0.25) is 0 Å². The van der Waals surface area contributed by atoms with Gasteiger partial charge in [0.2, 0.25) is 0 Å². The van der Waals surface area contributed by atoms with Crippen LogP contribution in [0.15, 0.2) is 12.1 Å². The van der Waals surface area contributed by atoms with Gasteiger partial charge in [0.25, 0.3) is 0 Å². The van der Waals surface area contributed by atoms with Crippen LogP contribution in [0, 0.1) is 6.92 Å². The first-order valence-electron chi connectivity index (χ1n) is 7.52. The number of hydrogen-bond donors (Lipinski definition) is 2. The van der Waals surface area contributed by atoms with Crippen molar-refractivity contribution in [1.29, 1.82) is 0 Å². The van der Waals surface area contributed by atoms with Crippen LogP contribution in [0.5, 0.6) is 0 Å². The molecule has 0 bridgehead atoms. The quantitative estimate of drug-likeness (QED) is 0.438. The molecule has 0 amide bonds. The molecule has 21 heavy (non-hydrogen) atoms. The SMILES string of the molecule is CCCC[N+](CCCC)(c1cc(N)c(C)c(N)c1)S(=O)[O-]. The smallest absolute Gasteiger partial charge is 0.153 e. The van der Waals surface area contributed by atoms with Crippen LogP contribution in [0.2, 0.25) is 0 Å². The molecule has 0 aliphatic heterocycles. The Labute approximate surface area is 130 Å². The Bertz CT molecular complexity index is 475. The Kier molecular flexibility index (Phi) is 6.64. The highest BCUT2D eigenvalue weighted by Crippen LogP contribution is 2.33. The van der Waals surface area contributed by atoms with E-state index in [2.05, 4.69) is 13.8 Å².